The van der Waals surface area contributed by atoms with Gasteiger partial charge in [0.2, 0.25) is 0 Å². The van der Waals surface area contributed by atoms with E-state index in [0.717, 1.165) is 12.8 Å². The summed E-state index contributed by atoms with van der Waals surface area (Å²) in [5, 5.41) is 44.4. The number of carbonyl (C=O) groups excluding carboxylic acids is 3. The first-order valence-electron chi connectivity index (χ1n) is 24.2. The fourth-order valence-electron chi connectivity index (χ4n) is 6.88. The van der Waals surface area contributed by atoms with Crippen LogP contribution in [0.2, 0.25) is 0 Å². The van der Waals surface area contributed by atoms with Crippen LogP contribution in [0.5, 0.6) is 0 Å². The third kappa shape index (κ3) is 45.5. The molecule has 8 unspecified atom stereocenters. The van der Waals surface area contributed by atoms with Gasteiger partial charge in [0.1, 0.15) is 19.8 Å². The van der Waals surface area contributed by atoms with Gasteiger partial charge in [-0.1, -0.05) is 96.9 Å². The summed E-state index contributed by atoms with van der Waals surface area (Å²) < 4.78 is 56.5. The number of hydrogen-bond donors (Lipinski definition) is 5. The zero-order valence-electron chi connectivity index (χ0n) is 46.4. The summed E-state index contributed by atoms with van der Waals surface area (Å²) in [6.07, 6.45) is 1.81. The minimum Gasteiger partial charge on any atom is -0.460 e. The third-order valence-corrected chi connectivity index (χ3v) is 9.66. The van der Waals surface area contributed by atoms with E-state index in [4.69, 9.17) is 72.5 Å². The van der Waals surface area contributed by atoms with Gasteiger partial charge in [0.15, 0.2) is 25.2 Å². The summed E-state index contributed by atoms with van der Waals surface area (Å²) in [7, 11) is 5.89. The number of esters is 3. The van der Waals surface area contributed by atoms with E-state index < -0.39 is 25.2 Å². The van der Waals surface area contributed by atoms with Crippen molar-refractivity contribution < 1.29 is 92.0 Å². The molecule has 0 radical (unpaired) electrons. The molecule has 0 saturated heterocycles. The summed E-state index contributed by atoms with van der Waals surface area (Å²) in [5.74, 6) is -0.901. The lowest BCUT2D eigenvalue weighted by Gasteiger charge is -2.38. The molecule has 0 aliphatic rings. The van der Waals surface area contributed by atoms with Gasteiger partial charge in [-0.25, -0.2) is 0 Å². The summed E-state index contributed by atoms with van der Waals surface area (Å²) >= 11 is 0. The molecule has 5 N–H and O–H groups in total. The maximum absolute atomic E-state index is 12.3. The molecule has 8 atom stereocenters. The van der Waals surface area contributed by atoms with Crippen molar-refractivity contribution in [2.45, 2.75) is 205 Å². The maximum atomic E-state index is 12.3. The molecule has 0 rings (SSSR count). The Bertz CT molecular complexity index is 1210. The number of rotatable bonds is 33. The number of methoxy groups -OCH3 is 4. The number of ether oxygens (including phenoxy) is 11. The number of carbonyl (C=O) groups is 3. The van der Waals surface area contributed by atoms with Crippen LogP contribution in [0, 0.1) is 21.7 Å². The zero-order chi connectivity index (χ0) is 54.4. The first-order valence-corrected chi connectivity index (χ1v) is 24.2. The van der Waals surface area contributed by atoms with E-state index in [1.165, 1.54) is 35.4 Å². The van der Waals surface area contributed by atoms with Crippen molar-refractivity contribution >= 4 is 17.9 Å². The van der Waals surface area contributed by atoms with Crippen LogP contribution < -0.4 is 0 Å². The molecule has 0 fully saturated rings. The van der Waals surface area contributed by atoms with Crippen LogP contribution in [0.3, 0.4) is 0 Å². The minimum atomic E-state index is -0.656. The monoisotopic (exact) mass is 1010 g/mol. The Morgan fingerprint density at radius 2 is 0.710 bits per heavy atom. The predicted octanol–water partition coefficient (Wildman–Crippen LogP) is 6.33. The maximum Gasteiger partial charge on any atom is 0.306 e. The highest BCUT2D eigenvalue weighted by atomic mass is 16.7. The van der Waals surface area contributed by atoms with Gasteiger partial charge in [0, 0.05) is 35.4 Å². The fourth-order valence-corrected chi connectivity index (χ4v) is 6.88. The molecule has 0 aliphatic carbocycles. The van der Waals surface area contributed by atoms with E-state index >= 15 is 0 Å². The van der Waals surface area contributed by atoms with Crippen molar-refractivity contribution in [3.05, 3.63) is 0 Å². The zero-order valence-corrected chi connectivity index (χ0v) is 46.4. The SMILES string of the molecule is CCC(CO)OC(CO)OC.CCC(CO)OC(COC(=O)CC(C)(C)C)OC.CCC(CO)OC(COC(=O)CC(C)(C)CC(C)(C)CC(C)(C)C)OC.CCC(CO)OC(COC(C)=O)OC. The second kappa shape index (κ2) is 41.4. The van der Waals surface area contributed by atoms with Gasteiger partial charge >= 0.3 is 17.9 Å². The second-order valence-corrected chi connectivity index (χ2v) is 20.6. The number of aliphatic hydroxyl groups is 5. The molecule has 0 bridgehead atoms. The molecule has 0 spiro atoms. The molecule has 0 aliphatic heterocycles. The normalized spacial score (nSPS) is 15.5. The Morgan fingerprint density at radius 3 is 0.957 bits per heavy atom. The van der Waals surface area contributed by atoms with Gasteiger partial charge in [0.25, 0.3) is 0 Å². The molecule has 19 nitrogen and oxygen atoms in total. The first kappa shape index (κ1) is 73.4. The van der Waals surface area contributed by atoms with Crippen LogP contribution in [-0.4, -0.2) is 174 Å². The summed E-state index contributed by atoms with van der Waals surface area (Å²) in [6, 6.07) is 0. The lowest BCUT2D eigenvalue weighted by atomic mass is 9.67. The molecular weight excluding hydrogens is 905 g/mol. The number of hydrogen-bond acceptors (Lipinski definition) is 19. The Balaban J connectivity index is -0.000000430. The van der Waals surface area contributed by atoms with Gasteiger partial charge in [-0.05, 0) is 60.2 Å². The summed E-state index contributed by atoms with van der Waals surface area (Å²) in [6.45, 7) is 30.0. The van der Waals surface area contributed by atoms with Gasteiger partial charge in [-0.2, -0.15) is 0 Å². The molecular formula is C50H102O19. The van der Waals surface area contributed by atoms with E-state index in [0.29, 0.717) is 38.5 Å². The first-order chi connectivity index (χ1) is 32.0. The smallest absolute Gasteiger partial charge is 0.306 e. The molecule has 0 saturated carbocycles. The fraction of sp³-hybridized carbons (Fsp3) is 0.940. The lowest BCUT2D eigenvalue weighted by Crippen LogP contribution is -2.32. The molecule has 0 aromatic carbocycles. The molecule has 19 heteroatoms. The Morgan fingerprint density at radius 1 is 0.406 bits per heavy atom. The van der Waals surface area contributed by atoms with E-state index in [1.54, 1.807) is 0 Å². The van der Waals surface area contributed by atoms with E-state index in [-0.39, 0.29) is 117 Å². The van der Waals surface area contributed by atoms with Crippen LogP contribution in [0.15, 0.2) is 0 Å². The standard InChI is InChI=1S/C21H42O5.C13H26O5.C9H18O5.C7H16O4/c1-10-16(12-22)26-18(24-9)13-25-17(23)11-20(5,6)15-21(7,8)14-19(2,3)4;1-6-10(8-14)18-12(16-5)9-17-11(15)7-13(2,3)4;1-4-8(5-10)14-9(12-3)6-13-7(2)11;1-3-6(4-8)11-7(5-9)10-2/h16,18,22H,10-15H2,1-9H3;10,12,14H,6-9H2,1-5H3;8-10H,4-6H2,1-3H3;6-9H,3-5H2,1-2H3. The largest absolute Gasteiger partial charge is 0.460 e. The van der Waals surface area contributed by atoms with Crippen LogP contribution in [0.1, 0.15) is 155 Å². The van der Waals surface area contributed by atoms with Gasteiger partial charge in [-0.15, -0.1) is 0 Å². The molecule has 0 aromatic rings. The highest BCUT2D eigenvalue weighted by Gasteiger charge is 2.34. The van der Waals surface area contributed by atoms with Crippen LogP contribution >= 0.6 is 0 Å². The van der Waals surface area contributed by atoms with Crippen molar-refractivity contribution in [2.24, 2.45) is 21.7 Å². The van der Waals surface area contributed by atoms with Crippen LogP contribution in [0.4, 0.5) is 0 Å². The average molecular weight is 1010 g/mol. The van der Waals surface area contributed by atoms with Crippen molar-refractivity contribution in [3.63, 3.8) is 0 Å². The van der Waals surface area contributed by atoms with E-state index in [2.05, 4.69) is 48.5 Å². The highest BCUT2D eigenvalue weighted by Crippen LogP contribution is 2.43. The molecule has 0 amide bonds. The van der Waals surface area contributed by atoms with Crippen molar-refractivity contribution in [1.82, 2.24) is 0 Å². The molecule has 69 heavy (non-hydrogen) atoms. The second-order valence-electron chi connectivity index (χ2n) is 20.6. The van der Waals surface area contributed by atoms with Crippen LogP contribution in [0.25, 0.3) is 0 Å². The summed E-state index contributed by atoms with van der Waals surface area (Å²) in [5.41, 5.74) is 0.158. The minimum absolute atomic E-state index is 0.0350. The highest BCUT2D eigenvalue weighted by molar-refractivity contribution is 5.70. The van der Waals surface area contributed by atoms with Gasteiger partial charge in [-0.3, -0.25) is 14.4 Å². The molecule has 416 valence electrons. The predicted molar refractivity (Wildman–Crippen MR) is 263 cm³/mol. The van der Waals surface area contributed by atoms with Crippen molar-refractivity contribution in [3.8, 4) is 0 Å². The Labute approximate surface area is 416 Å². The Kier molecular flexibility index (Phi) is 44.0. The van der Waals surface area contributed by atoms with Crippen molar-refractivity contribution in [1.29, 1.82) is 0 Å². The quantitative estimate of drug-likeness (QED) is 0.0273. The molecule has 0 heterocycles. The van der Waals surface area contributed by atoms with Crippen molar-refractivity contribution in [2.75, 3.05) is 81.3 Å². The molecule has 0 aromatic heterocycles. The average Bonchev–Trinajstić information content (AvgIpc) is 3.25. The lowest BCUT2D eigenvalue weighted by molar-refractivity contribution is -0.195. The Hall–Kier alpha value is -2.11. The topological polar surface area (TPSA) is 254 Å². The van der Waals surface area contributed by atoms with Crippen LogP contribution in [-0.2, 0) is 66.5 Å². The number of aliphatic hydroxyl groups excluding tert-OH is 5. The van der Waals surface area contributed by atoms with Gasteiger partial charge < -0.3 is 77.6 Å². The third-order valence-electron chi connectivity index (χ3n) is 9.66. The van der Waals surface area contributed by atoms with E-state index in [9.17, 15) is 19.5 Å². The van der Waals surface area contributed by atoms with Gasteiger partial charge in [0.05, 0.1) is 70.3 Å². The summed E-state index contributed by atoms with van der Waals surface area (Å²) in [4.78, 5) is 34.3. The van der Waals surface area contributed by atoms with E-state index in [1.807, 2.05) is 48.5 Å².